The van der Waals surface area contributed by atoms with Gasteiger partial charge in [0.05, 0.1) is 0 Å². The van der Waals surface area contributed by atoms with Crippen LogP contribution in [0.25, 0.3) is 0 Å². The minimum Gasteiger partial charge on any atom is -0.368 e. The Morgan fingerprint density at radius 3 is 2.03 bits per heavy atom. The molecule has 4 saturated carbocycles. The van der Waals surface area contributed by atoms with E-state index in [0.29, 0.717) is 12.8 Å². The maximum absolute atomic E-state index is 12.9. The Morgan fingerprint density at radius 1 is 0.933 bits per heavy atom. The van der Waals surface area contributed by atoms with Crippen molar-refractivity contribution in [1.29, 1.82) is 0 Å². The summed E-state index contributed by atoms with van der Waals surface area (Å²) >= 11 is 0. The Hall–Kier alpha value is -2.04. The molecule has 5 heteroatoms. The summed E-state index contributed by atoms with van der Waals surface area (Å²) in [5, 5.41) is 3.17. The second-order valence-electron chi connectivity index (χ2n) is 10.4. The van der Waals surface area contributed by atoms with Crippen molar-refractivity contribution in [3.8, 4) is 0 Å². The lowest BCUT2D eigenvalue weighted by molar-refractivity contribution is -0.131. The van der Waals surface area contributed by atoms with E-state index in [1.54, 1.807) is 0 Å². The number of rotatable bonds is 5. The molecule has 6 rings (SSSR count). The highest BCUT2D eigenvalue weighted by molar-refractivity contribution is 5.91. The summed E-state index contributed by atoms with van der Waals surface area (Å²) in [6.45, 7) is 5.23. The van der Waals surface area contributed by atoms with Gasteiger partial charge in [0.1, 0.15) is 0 Å². The summed E-state index contributed by atoms with van der Waals surface area (Å²) in [5.74, 6) is 3.09. The van der Waals surface area contributed by atoms with E-state index < -0.39 is 0 Å². The number of hydrogen-bond donors (Lipinski definition) is 1. The highest BCUT2D eigenvalue weighted by Gasteiger charge is 2.51. The minimum absolute atomic E-state index is 0.191. The van der Waals surface area contributed by atoms with Gasteiger partial charge < -0.3 is 15.1 Å². The largest absolute Gasteiger partial charge is 0.368 e. The van der Waals surface area contributed by atoms with Crippen molar-refractivity contribution in [1.82, 2.24) is 4.90 Å². The molecule has 162 valence electrons. The third-order valence-corrected chi connectivity index (χ3v) is 8.15. The normalized spacial score (nSPS) is 32.4. The van der Waals surface area contributed by atoms with Gasteiger partial charge in [-0.3, -0.25) is 9.59 Å². The maximum Gasteiger partial charge on any atom is 0.224 e. The Kier molecular flexibility index (Phi) is 5.24. The molecular weight excluding hydrogens is 374 g/mol. The van der Waals surface area contributed by atoms with Gasteiger partial charge in [-0.2, -0.15) is 0 Å². The summed E-state index contributed by atoms with van der Waals surface area (Å²) < 4.78 is 0. The molecule has 5 nitrogen and oxygen atoms in total. The molecule has 2 amide bonds. The fraction of sp³-hybridized carbons (Fsp3) is 0.680. The van der Waals surface area contributed by atoms with E-state index in [9.17, 15) is 9.59 Å². The van der Waals surface area contributed by atoms with Crippen molar-refractivity contribution in [3.63, 3.8) is 0 Å². The molecule has 0 radical (unpaired) electrons. The summed E-state index contributed by atoms with van der Waals surface area (Å²) in [5.41, 5.74) is 2.35. The smallest absolute Gasteiger partial charge is 0.224 e. The molecule has 1 aliphatic heterocycles. The summed E-state index contributed by atoms with van der Waals surface area (Å²) in [7, 11) is 0. The molecular formula is C25H35N3O2. The first-order chi connectivity index (χ1) is 14.5. The molecule has 4 aliphatic carbocycles. The van der Waals surface area contributed by atoms with E-state index in [1.807, 2.05) is 24.0 Å². The summed E-state index contributed by atoms with van der Waals surface area (Å²) in [6.07, 6.45) is 9.37. The SMILES string of the molecule is CCC(=O)N1CCN(c2ccc(NC(=O)CC34CC5CC(CC(C5)C3)C4)cc2)CC1. The second-order valence-corrected chi connectivity index (χ2v) is 10.4. The third kappa shape index (κ3) is 3.95. The maximum atomic E-state index is 12.9. The molecule has 0 aromatic heterocycles. The molecule has 1 saturated heterocycles. The Balaban J connectivity index is 1.15. The topological polar surface area (TPSA) is 52.7 Å². The van der Waals surface area contributed by atoms with Gasteiger partial charge in [-0.25, -0.2) is 0 Å². The van der Waals surface area contributed by atoms with Crippen LogP contribution in [0, 0.1) is 23.2 Å². The lowest BCUT2D eigenvalue weighted by atomic mass is 9.49. The third-order valence-electron chi connectivity index (χ3n) is 8.15. The molecule has 4 bridgehead atoms. The quantitative estimate of drug-likeness (QED) is 0.789. The molecule has 1 aromatic rings. The van der Waals surface area contributed by atoms with Crippen molar-refractivity contribution >= 4 is 23.2 Å². The fourth-order valence-corrected chi connectivity index (χ4v) is 7.25. The molecule has 1 heterocycles. The van der Waals surface area contributed by atoms with E-state index in [2.05, 4.69) is 22.3 Å². The van der Waals surface area contributed by atoms with Crippen LogP contribution < -0.4 is 10.2 Å². The van der Waals surface area contributed by atoms with Crippen molar-refractivity contribution < 1.29 is 9.59 Å². The number of nitrogens with one attached hydrogen (secondary N) is 1. The standard InChI is InChI=1S/C25H35N3O2/c1-2-24(30)28-9-7-27(8-10-28)22-5-3-21(4-6-22)26-23(29)17-25-14-18-11-19(15-25)13-20(12-18)16-25/h3-6,18-20H,2,7-17H2,1H3,(H,26,29). The van der Waals surface area contributed by atoms with Gasteiger partial charge >= 0.3 is 0 Å². The van der Waals surface area contributed by atoms with Gasteiger partial charge in [0.15, 0.2) is 0 Å². The van der Waals surface area contributed by atoms with E-state index in [-0.39, 0.29) is 17.2 Å². The number of carbonyl (C=O) groups is 2. The highest BCUT2D eigenvalue weighted by atomic mass is 16.2. The molecule has 0 atom stereocenters. The van der Waals surface area contributed by atoms with Crippen molar-refractivity contribution in [2.24, 2.45) is 23.2 Å². The first-order valence-corrected chi connectivity index (χ1v) is 11.9. The number of benzene rings is 1. The van der Waals surface area contributed by atoms with Gasteiger partial charge in [-0.15, -0.1) is 0 Å². The Labute approximate surface area is 180 Å². The monoisotopic (exact) mass is 409 g/mol. The van der Waals surface area contributed by atoms with Crippen LogP contribution in [0.2, 0.25) is 0 Å². The molecule has 30 heavy (non-hydrogen) atoms. The van der Waals surface area contributed by atoms with Crippen LogP contribution in [0.5, 0.6) is 0 Å². The van der Waals surface area contributed by atoms with Crippen molar-refractivity contribution in [2.75, 3.05) is 36.4 Å². The van der Waals surface area contributed by atoms with Gasteiger partial charge in [0.25, 0.3) is 0 Å². The van der Waals surface area contributed by atoms with Crippen LogP contribution in [0.3, 0.4) is 0 Å². The summed E-state index contributed by atoms with van der Waals surface area (Å²) in [6, 6.07) is 8.24. The zero-order valence-electron chi connectivity index (χ0n) is 18.2. The Morgan fingerprint density at radius 2 is 1.50 bits per heavy atom. The lowest BCUT2D eigenvalue weighted by Crippen LogP contribution is -2.48. The molecule has 0 spiro atoms. The molecule has 5 fully saturated rings. The Bertz CT molecular complexity index is 760. The van der Waals surface area contributed by atoms with Crippen molar-refractivity contribution in [2.45, 2.75) is 58.3 Å². The first kappa shape index (κ1) is 19.9. The average Bonchev–Trinajstić information content (AvgIpc) is 2.72. The van der Waals surface area contributed by atoms with Gasteiger partial charge in [-0.05, 0) is 86.0 Å². The number of hydrogen-bond acceptors (Lipinski definition) is 3. The van der Waals surface area contributed by atoms with Crippen LogP contribution in [-0.4, -0.2) is 42.9 Å². The minimum atomic E-state index is 0.191. The van der Waals surface area contributed by atoms with E-state index >= 15 is 0 Å². The van der Waals surface area contributed by atoms with Crippen LogP contribution in [0.1, 0.15) is 58.3 Å². The van der Waals surface area contributed by atoms with E-state index in [0.717, 1.165) is 55.3 Å². The van der Waals surface area contributed by atoms with Crippen LogP contribution in [0.4, 0.5) is 11.4 Å². The fourth-order valence-electron chi connectivity index (χ4n) is 7.25. The number of carbonyl (C=O) groups excluding carboxylic acids is 2. The highest BCUT2D eigenvalue weighted by Crippen LogP contribution is 2.61. The van der Waals surface area contributed by atoms with Gasteiger partial charge in [-0.1, -0.05) is 6.92 Å². The zero-order valence-corrected chi connectivity index (χ0v) is 18.2. The molecule has 1 aromatic carbocycles. The zero-order chi connectivity index (χ0) is 20.7. The second kappa shape index (κ2) is 7.90. The van der Waals surface area contributed by atoms with Gasteiger partial charge in [0, 0.05) is 50.4 Å². The molecule has 1 N–H and O–H groups in total. The average molecular weight is 410 g/mol. The van der Waals surface area contributed by atoms with Crippen molar-refractivity contribution in [3.05, 3.63) is 24.3 Å². The van der Waals surface area contributed by atoms with E-state index in [1.165, 1.54) is 38.5 Å². The predicted molar refractivity (Wildman–Crippen MR) is 119 cm³/mol. The molecule has 0 unspecified atom stereocenters. The molecule has 5 aliphatic rings. The van der Waals surface area contributed by atoms with Crippen LogP contribution in [-0.2, 0) is 9.59 Å². The first-order valence-electron chi connectivity index (χ1n) is 11.9. The lowest BCUT2D eigenvalue weighted by Gasteiger charge is -2.56. The number of amides is 2. The van der Waals surface area contributed by atoms with Crippen LogP contribution >= 0.6 is 0 Å². The van der Waals surface area contributed by atoms with Crippen LogP contribution in [0.15, 0.2) is 24.3 Å². The number of nitrogens with zero attached hydrogens (tertiary/aromatic N) is 2. The number of anilines is 2. The van der Waals surface area contributed by atoms with Gasteiger partial charge in [0.2, 0.25) is 11.8 Å². The van der Waals surface area contributed by atoms with E-state index in [4.69, 9.17) is 0 Å². The predicted octanol–water partition coefficient (Wildman–Crippen LogP) is 4.29. The number of piperazine rings is 1. The summed E-state index contributed by atoms with van der Waals surface area (Å²) in [4.78, 5) is 29.0.